The molecule has 0 N–H and O–H groups in total. The van der Waals surface area contributed by atoms with Gasteiger partial charge in [0.15, 0.2) is 0 Å². The second kappa shape index (κ2) is 16.4. The average molecular weight is 467 g/mol. The van der Waals surface area contributed by atoms with Crippen molar-refractivity contribution < 1.29 is 4.74 Å². The van der Waals surface area contributed by atoms with E-state index in [0.29, 0.717) is 6.61 Å². The van der Waals surface area contributed by atoms with Crippen LogP contribution in [0, 0.1) is 23.7 Å². The maximum absolute atomic E-state index is 5.98. The zero-order valence-corrected chi connectivity index (χ0v) is 22.6. The molecule has 1 aromatic rings. The lowest BCUT2D eigenvalue weighted by molar-refractivity contribution is 0.248. The first-order valence-corrected chi connectivity index (χ1v) is 15.1. The predicted molar refractivity (Wildman–Crippen MR) is 149 cm³/mol. The van der Waals surface area contributed by atoms with Gasteiger partial charge in [-0.2, -0.15) is 0 Å². The van der Waals surface area contributed by atoms with Gasteiger partial charge in [-0.3, -0.25) is 0 Å². The summed E-state index contributed by atoms with van der Waals surface area (Å²) < 4.78 is 5.98. The van der Waals surface area contributed by atoms with Crippen LogP contribution in [-0.2, 0) is 6.42 Å². The van der Waals surface area contributed by atoms with Crippen molar-refractivity contribution in [1.29, 1.82) is 0 Å². The standard InChI is InChI=1S/C33H54O/c1-3-5-6-7-8-11-29-17-19-31(20-18-29)21-22-32-23-25-33(26-24-32)34-27-9-12-30-15-13-28(10-4-2)14-16-30/h9,12,23-26,28-31H,3-8,10-11,13-22,27H2,1-2H3/b12-9+. The Bertz CT molecular complexity index is 644. The molecule has 0 aliphatic heterocycles. The molecule has 0 heterocycles. The Morgan fingerprint density at radius 1 is 0.676 bits per heavy atom. The molecule has 1 aromatic carbocycles. The van der Waals surface area contributed by atoms with Crippen LogP contribution in [-0.4, -0.2) is 6.61 Å². The minimum atomic E-state index is 0.704. The van der Waals surface area contributed by atoms with E-state index in [2.05, 4.69) is 50.3 Å². The first kappa shape index (κ1) is 27.3. The second-order valence-corrected chi connectivity index (χ2v) is 11.6. The maximum Gasteiger partial charge on any atom is 0.119 e. The quantitative estimate of drug-likeness (QED) is 0.184. The smallest absolute Gasteiger partial charge is 0.119 e. The Kier molecular flexibility index (Phi) is 13.2. The molecule has 34 heavy (non-hydrogen) atoms. The van der Waals surface area contributed by atoms with E-state index in [9.17, 15) is 0 Å². The molecule has 0 spiro atoms. The molecule has 1 heteroatoms. The molecule has 192 valence electrons. The SMILES string of the molecule is CCCCCCCC1CCC(CCc2ccc(OC/C=C/C3CCC(CCC)CC3)cc2)CC1. The molecule has 0 radical (unpaired) electrons. The molecule has 0 aromatic heterocycles. The third kappa shape index (κ3) is 10.6. The summed E-state index contributed by atoms with van der Waals surface area (Å²) in [5, 5.41) is 0. The summed E-state index contributed by atoms with van der Waals surface area (Å²) in [6, 6.07) is 8.93. The summed E-state index contributed by atoms with van der Waals surface area (Å²) >= 11 is 0. The van der Waals surface area contributed by atoms with Gasteiger partial charge >= 0.3 is 0 Å². The van der Waals surface area contributed by atoms with E-state index in [1.807, 2.05) is 0 Å². The average Bonchev–Trinajstić information content (AvgIpc) is 2.88. The molecule has 0 bridgehead atoms. The Labute approximate surface area is 212 Å². The molecule has 1 nitrogen and oxygen atoms in total. The fourth-order valence-electron chi connectivity index (χ4n) is 6.44. The third-order valence-electron chi connectivity index (χ3n) is 8.79. The van der Waals surface area contributed by atoms with Gasteiger partial charge in [-0.25, -0.2) is 0 Å². The number of ether oxygens (including phenoxy) is 1. The van der Waals surface area contributed by atoms with E-state index in [4.69, 9.17) is 4.74 Å². The summed E-state index contributed by atoms with van der Waals surface area (Å²) in [6.07, 6.45) is 30.2. The van der Waals surface area contributed by atoms with Crippen molar-refractivity contribution in [2.75, 3.05) is 6.61 Å². The van der Waals surface area contributed by atoms with Crippen LogP contribution >= 0.6 is 0 Å². The molecule has 3 rings (SSSR count). The van der Waals surface area contributed by atoms with E-state index in [1.165, 1.54) is 121 Å². The molecule has 0 amide bonds. The molecule has 2 aliphatic rings. The number of hydrogen-bond donors (Lipinski definition) is 0. The fourth-order valence-corrected chi connectivity index (χ4v) is 6.44. The highest BCUT2D eigenvalue weighted by Gasteiger charge is 2.21. The summed E-state index contributed by atoms with van der Waals surface area (Å²) in [4.78, 5) is 0. The van der Waals surface area contributed by atoms with Gasteiger partial charge in [0, 0.05) is 0 Å². The van der Waals surface area contributed by atoms with Gasteiger partial charge in [0.25, 0.3) is 0 Å². The molecule has 2 aliphatic carbocycles. The zero-order valence-electron chi connectivity index (χ0n) is 22.6. The van der Waals surface area contributed by atoms with Crippen LogP contribution in [0.25, 0.3) is 0 Å². The van der Waals surface area contributed by atoms with Crippen LogP contribution in [0.5, 0.6) is 5.75 Å². The van der Waals surface area contributed by atoms with Gasteiger partial charge in [0.1, 0.15) is 12.4 Å². The van der Waals surface area contributed by atoms with Gasteiger partial charge in [-0.05, 0) is 79.9 Å². The molecular weight excluding hydrogens is 412 g/mol. The minimum Gasteiger partial charge on any atom is -0.490 e. The molecule has 2 saturated carbocycles. The third-order valence-corrected chi connectivity index (χ3v) is 8.79. The van der Waals surface area contributed by atoms with E-state index in [1.54, 1.807) is 0 Å². The monoisotopic (exact) mass is 466 g/mol. The van der Waals surface area contributed by atoms with E-state index >= 15 is 0 Å². The molecule has 2 fully saturated rings. The Morgan fingerprint density at radius 2 is 1.29 bits per heavy atom. The van der Waals surface area contributed by atoms with Crippen molar-refractivity contribution in [3.63, 3.8) is 0 Å². The highest BCUT2D eigenvalue weighted by atomic mass is 16.5. The molecule has 0 unspecified atom stereocenters. The Morgan fingerprint density at radius 3 is 1.97 bits per heavy atom. The number of allylic oxidation sites excluding steroid dienone is 1. The maximum atomic E-state index is 5.98. The van der Waals surface area contributed by atoms with Crippen molar-refractivity contribution in [2.24, 2.45) is 23.7 Å². The van der Waals surface area contributed by atoms with Crippen molar-refractivity contribution in [1.82, 2.24) is 0 Å². The first-order valence-electron chi connectivity index (χ1n) is 15.1. The normalized spacial score (nSPS) is 25.6. The highest BCUT2D eigenvalue weighted by Crippen LogP contribution is 2.35. The van der Waals surface area contributed by atoms with Crippen molar-refractivity contribution in [2.45, 2.75) is 129 Å². The van der Waals surface area contributed by atoms with Crippen LogP contribution in [0.1, 0.15) is 129 Å². The summed E-state index contributed by atoms with van der Waals surface area (Å²) in [5.74, 6) is 4.76. The zero-order chi connectivity index (χ0) is 23.8. The number of benzene rings is 1. The van der Waals surface area contributed by atoms with Gasteiger partial charge in [0.2, 0.25) is 0 Å². The lowest BCUT2D eigenvalue weighted by Crippen LogP contribution is -2.15. The number of unbranched alkanes of at least 4 members (excludes halogenated alkanes) is 4. The highest BCUT2D eigenvalue weighted by molar-refractivity contribution is 5.27. The van der Waals surface area contributed by atoms with Crippen molar-refractivity contribution in [3.8, 4) is 5.75 Å². The van der Waals surface area contributed by atoms with E-state index in [0.717, 1.165) is 29.4 Å². The largest absolute Gasteiger partial charge is 0.490 e. The summed E-state index contributed by atoms with van der Waals surface area (Å²) in [7, 11) is 0. The topological polar surface area (TPSA) is 9.23 Å². The van der Waals surface area contributed by atoms with E-state index in [-0.39, 0.29) is 0 Å². The first-order chi connectivity index (χ1) is 16.8. The lowest BCUT2D eigenvalue weighted by atomic mass is 9.78. The van der Waals surface area contributed by atoms with Crippen LogP contribution in [0.4, 0.5) is 0 Å². The Hall–Kier alpha value is -1.24. The van der Waals surface area contributed by atoms with Crippen LogP contribution in [0.2, 0.25) is 0 Å². The predicted octanol–water partition coefficient (Wildman–Crippen LogP) is 10.3. The van der Waals surface area contributed by atoms with Crippen LogP contribution < -0.4 is 4.74 Å². The Balaban J connectivity index is 1.24. The molecular formula is C33H54O. The number of rotatable bonds is 15. The second-order valence-electron chi connectivity index (χ2n) is 11.6. The van der Waals surface area contributed by atoms with Crippen LogP contribution in [0.15, 0.2) is 36.4 Å². The number of hydrogen-bond acceptors (Lipinski definition) is 1. The summed E-state index contributed by atoms with van der Waals surface area (Å²) in [5.41, 5.74) is 1.48. The minimum absolute atomic E-state index is 0.704. The van der Waals surface area contributed by atoms with Gasteiger partial charge in [-0.15, -0.1) is 0 Å². The summed E-state index contributed by atoms with van der Waals surface area (Å²) in [6.45, 7) is 5.33. The van der Waals surface area contributed by atoms with Gasteiger partial charge in [0.05, 0.1) is 0 Å². The van der Waals surface area contributed by atoms with Crippen molar-refractivity contribution in [3.05, 3.63) is 42.0 Å². The van der Waals surface area contributed by atoms with Crippen molar-refractivity contribution >= 4 is 0 Å². The number of aryl methyl sites for hydroxylation is 1. The molecule has 0 atom stereocenters. The van der Waals surface area contributed by atoms with Crippen LogP contribution in [0.3, 0.4) is 0 Å². The molecule has 0 saturated heterocycles. The van der Waals surface area contributed by atoms with Gasteiger partial charge in [-0.1, -0.05) is 115 Å². The fraction of sp³-hybridized carbons (Fsp3) is 0.758. The van der Waals surface area contributed by atoms with E-state index < -0.39 is 0 Å². The van der Waals surface area contributed by atoms with Gasteiger partial charge < -0.3 is 4.74 Å². The lowest BCUT2D eigenvalue weighted by Gasteiger charge is -2.28.